The summed E-state index contributed by atoms with van der Waals surface area (Å²) in [6, 6.07) is 8.49. The molecule has 86 valence electrons. The van der Waals surface area contributed by atoms with Crippen LogP contribution in [-0.4, -0.2) is 25.5 Å². The van der Waals surface area contributed by atoms with E-state index in [0.29, 0.717) is 6.54 Å². The van der Waals surface area contributed by atoms with E-state index in [4.69, 9.17) is 0 Å². The van der Waals surface area contributed by atoms with Crippen molar-refractivity contribution in [3.63, 3.8) is 0 Å². The van der Waals surface area contributed by atoms with Crippen molar-refractivity contribution in [3.8, 4) is 0 Å². The zero-order valence-electron chi connectivity index (χ0n) is 9.70. The van der Waals surface area contributed by atoms with E-state index in [1.165, 1.54) is 5.56 Å². The Morgan fingerprint density at radius 1 is 1.31 bits per heavy atom. The number of benzene rings is 1. The molecule has 0 radical (unpaired) electrons. The van der Waals surface area contributed by atoms with Crippen LogP contribution in [-0.2, 0) is 11.2 Å². The van der Waals surface area contributed by atoms with E-state index >= 15 is 0 Å². The summed E-state index contributed by atoms with van der Waals surface area (Å²) in [7, 11) is 0. The first kappa shape index (κ1) is 11.0. The van der Waals surface area contributed by atoms with Gasteiger partial charge in [0.15, 0.2) is 0 Å². The lowest BCUT2D eigenvalue weighted by Gasteiger charge is -2.21. The minimum Gasteiger partial charge on any atom is -0.362 e. The first-order chi connectivity index (χ1) is 7.79. The van der Waals surface area contributed by atoms with Gasteiger partial charge in [-0.15, -0.1) is 0 Å². The molecule has 0 atom stereocenters. The highest BCUT2D eigenvalue weighted by Gasteiger charge is 2.14. The van der Waals surface area contributed by atoms with Crippen LogP contribution in [0.25, 0.3) is 0 Å². The normalized spacial score (nSPS) is 16.8. The minimum absolute atomic E-state index is 0.122. The molecular formula is C13H18N2O. The van der Waals surface area contributed by atoms with Gasteiger partial charge in [-0.05, 0) is 30.5 Å². The fraction of sp³-hybridized carbons (Fsp3) is 0.462. The summed E-state index contributed by atoms with van der Waals surface area (Å²) in [4.78, 5) is 13.6. The van der Waals surface area contributed by atoms with Crippen molar-refractivity contribution < 1.29 is 4.79 Å². The number of rotatable bonds is 2. The van der Waals surface area contributed by atoms with Gasteiger partial charge < -0.3 is 10.2 Å². The van der Waals surface area contributed by atoms with Crippen molar-refractivity contribution in [2.75, 3.05) is 24.5 Å². The Balaban J connectivity index is 2.12. The van der Waals surface area contributed by atoms with Gasteiger partial charge in [0.25, 0.3) is 0 Å². The predicted octanol–water partition coefficient (Wildman–Crippen LogP) is 1.58. The molecule has 0 unspecified atom stereocenters. The summed E-state index contributed by atoms with van der Waals surface area (Å²) in [5.41, 5.74) is 2.48. The molecule has 1 aliphatic rings. The van der Waals surface area contributed by atoms with Gasteiger partial charge in [0.2, 0.25) is 5.91 Å². The lowest BCUT2D eigenvalue weighted by molar-refractivity contribution is -0.119. The number of amides is 1. The van der Waals surface area contributed by atoms with Crippen LogP contribution >= 0.6 is 0 Å². The number of hydrogen-bond donors (Lipinski definition) is 1. The Bertz CT molecular complexity index is 359. The predicted molar refractivity (Wildman–Crippen MR) is 65.7 cm³/mol. The van der Waals surface area contributed by atoms with Crippen molar-refractivity contribution in [2.24, 2.45) is 0 Å². The van der Waals surface area contributed by atoms with Crippen LogP contribution in [0.2, 0.25) is 0 Å². The molecule has 16 heavy (non-hydrogen) atoms. The fourth-order valence-corrected chi connectivity index (χ4v) is 1.97. The van der Waals surface area contributed by atoms with Gasteiger partial charge in [0, 0.05) is 18.8 Å². The van der Waals surface area contributed by atoms with E-state index in [1.54, 1.807) is 0 Å². The molecule has 1 heterocycles. The zero-order valence-corrected chi connectivity index (χ0v) is 9.70. The molecular weight excluding hydrogens is 200 g/mol. The van der Waals surface area contributed by atoms with Crippen molar-refractivity contribution in [2.45, 2.75) is 19.8 Å². The van der Waals surface area contributed by atoms with Gasteiger partial charge in [-0.25, -0.2) is 0 Å². The van der Waals surface area contributed by atoms with Gasteiger partial charge in [-0.1, -0.05) is 19.1 Å². The molecule has 1 fully saturated rings. The number of anilines is 1. The number of carbonyl (C=O) groups is 1. The second-order valence-electron chi connectivity index (χ2n) is 4.15. The highest BCUT2D eigenvalue weighted by molar-refractivity contribution is 5.81. The Morgan fingerprint density at radius 2 is 2.06 bits per heavy atom. The second kappa shape index (κ2) is 5.01. The number of nitrogens with one attached hydrogen (secondary N) is 1. The first-order valence-electron chi connectivity index (χ1n) is 5.90. The Labute approximate surface area is 96.5 Å². The monoisotopic (exact) mass is 218 g/mol. The molecule has 1 saturated heterocycles. The van der Waals surface area contributed by atoms with Gasteiger partial charge in [-0.2, -0.15) is 0 Å². The van der Waals surface area contributed by atoms with Crippen LogP contribution in [0.3, 0.4) is 0 Å². The third kappa shape index (κ3) is 2.54. The SMILES string of the molecule is CCc1ccc(N2CCCNC(=O)C2)cc1. The second-order valence-corrected chi connectivity index (χ2v) is 4.15. The molecule has 1 N–H and O–H groups in total. The standard InChI is InChI=1S/C13H18N2O/c1-2-11-4-6-12(7-5-11)15-9-3-8-14-13(16)10-15/h4-7H,2-3,8-10H2,1H3,(H,14,16). The summed E-state index contributed by atoms with van der Waals surface area (Å²) in [5, 5.41) is 2.89. The van der Waals surface area contributed by atoms with E-state index < -0.39 is 0 Å². The Morgan fingerprint density at radius 3 is 2.75 bits per heavy atom. The van der Waals surface area contributed by atoms with Crippen molar-refractivity contribution >= 4 is 11.6 Å². The van der Waals surface area contributed by atoms with E-state index in [1.807, 2.05) is 0 Å². The molecule has 1 aliphatic heterocycles. The summed E-state index contributed by atoms with van der Waals surface area (Å²) < 4.78 is 0. The molecule has 1 aromatic carbocycles. The van der Waals surface area contributed by atoms with E-state index in [-0.39, 0.29) is 5.91 Å². The van der Waals surface area contributed by atoms with Gasteiger partial charge in [0.1, 0.15) is 0 Å². The smallest absolute Gasteiger partial charge is 0.239 e. The summed E-state index contributed by atoms with van der Waals surface area (Å²) in [5.74, 6) is 0.122. The molecule has 2 rings (SSSR count). The molecule has 0 aromatic heterocycles. The molecule has 1 amide bonds. The topological polar surface area (TPSA) is 32.3 Å². The highest BCUT2D eigenvalue weighted by atomic mass is 16.2. The maximum Gasteiger partial charge on any atom is 0.239 e. The zero-order chi connectivity index (χ0) is 11.4. The fourth-order valence-electron chi connectivity index (χ4n) is 1.97. The molecule has 0 saturated carbocycles. The average molecular weight is 218 g/mol. The van der Waals surface area contributed by atoms with Crippen molar-refractivity contribution in [3.05, 3.63) is 29.8 Å². The lowest BCUT2D eigenvalue weighted by atomic mass is 10.1. The lowest BCUT2D eigenvalue weighted by Crippen LogP contribution is -2.32. The molecule has 0 spiro atoms. The molecule has 3 nitrogen and oxygen atoms in total. The maximum absolute atomic E-state index is 11.4. The largest absolute Gasteiger partial charge is 0.362 e. The van der Waals surface area contributed by atoms with Crippen LogP contribution < -0.4 is 10.2 Å². The minimum atomic E-state index is 0.122. The third-order valence-corrected chi connectivity index (χ3v) is 2.97. The van der Waals surface area contributed by atoms with Crippen LogP contribution in [0.15, 0.2) is 24.3 Å². The Kier molecular flexibility index (Phi) is 3.44. The third-order valence-electron chi connectivity index (χ3n) is 2.97. The number of carbonyl (C=O) groups excluding carboxylic acids is 1. The van der Waals surface area contributed by atoms with E-state index in [9.17, 15) is 4.79 Å². The van der Waals surface area contributed by atoms with Crippen LogP contribution in [0.5, 0.6) is 0 Å². The van der Waals surface area contributed by atoms with E-state index in [2.05, 4.69) is 41.4 Å². The van der Waals surface area contributed by atoms with Crippen molar-refractivity contribution in [1.29, 1.82) is 0 Å². The van der Waals surface area contributed by atoms with Gasteiger partial charge >= 0.3 is 0 Å². The number of nitrogens with zero attached hydrogens (tertiary/aromatic N) is 1. The van der Waals surface area contributed by atoms with Crippen LogP contribution in [0.4, 0.5) is 5.69 Å². The van der Waals surface area contributed by atoms with Crippen LogP contribution in [0.1, 0.15) is 18.9 Å². The Hall–Kier alpha value is -1.51. The highest BCUT2D eigenvalue weighted by Crippen LogP contribution is 2.16. The number of hydrogen-bond acceptors (Lipinski definition) is 2. The quantitative estimate of drug-likeness (QED) is 0.817. The molecule has 3 heteroatoms. The van der Waals surface area contributed by atoms with Crippen molar-refractivity contribution in [1.82, 2.24) is 5.32 Å². The average Bonchev–Trinajstić information content (AvgIpc) is 2.54. The van der Waals surface area contributed by atoms with Crippen LogP contribution in [0, 0.1) is 0 Å². The molecule has 0 aliphatic carbocycles. The van der Waals surface area contributed by atoms with E-state index in [0.717, 1.165) is 31.6 Å². The summed E-state index contributed by atoms with van der Waals surface area (Å²) >= 11 is 0. The van der Waals surface area contributed by atoms with Gasteiger partial charge in [0.05, 0.1) is 6.54 Å². The molecule has 0 bridgehead atoms. The maximum atomic E-state index is 11.4. The number of aryl methyl sites for hydroxylation is 1. The summed E-state index contributed by atoms with van der Waals surface area (Å²) in [6.45, 7) is 4.37. The van der Waals surface area contributed by atoms with Gasteiger partial charge in [-0.3, -0.25) is 4.79 Å². The summed E-state index contributed by atoms with van der Waals surface area (Å²) in [6.07, 6.45) is 2.07. The molecule has 1 aromatic rings. The first-order valence-corrected chi connectivity index (χ1v) is 5.90.